The van der Waals surface area contributed by atoms with E-state index in [-0.39, 0.29) is 48.9 Å². The number of urea groups is 1. The van der Waals surface area contributed by atoms with Gasteiger partial charge in [0.05, 0.1) is 31.5 Å². The summed E-state index contributed by atoms with van der Waals surface area (Å²) < 4.78 is 18.4. The maximum Gasteiger partial charge on any atom is 0.322 e. The Morgan fingerprint density at radius 3 is 2.35 bits per heavy atom. The zero-order valence-electron chi connectivity index (χ0n) is 20.2. The van der Waals surface area contributed by atoms with E-state index < -0.39 is 0 Å². The van der Waals surface area contributed by atoms with Crippen molar-refractivity contribution in [3.63, 3.8) is 0 Å². The van der Waals surface area contributed by atoms with Gasteiger partial charge in [0, 0.05) is 23.6 Å². The monoisotopic (exact) mass is 499 g/mol. The van der Waals surface area contributed by atoms with Crippen LogP contribution < -0.4 is 10.1 Å². The fourth-order valence-corrected chi connectivity index (χ4v) is 5.06. The number of fused-ring (bicyclic) bond motifs is 1. The van der Waals surface area contributed by atoms with E-state index in [0.717, 1.165) is 11.1 Å². The number of hydrogen-bond acceptors (Lipinski definition) is 4. The number of hydrogen-bond donors (Lipinski definition) is 2. The van der Waals surface area contributed by atoms with Gasteiger partial charge in [-0.15, -0.1) is 0 Å². The third-order valence-corrected chi connectivity index (χ3v) is 6.88. The molecule has 3 aromatic carbocycles. The van der Waals surface area contributed by atoms with Crippen LogP contribution in [0, 0.1) is 17.7 Å². The Kier molecular flexibility index (Phi) is 6.80. The van der Waals surface area contributed by atoms with E-state index in [4.69, 9.17) is 4.74 Å². The molecule has 188 valence electrons. The van der Waals surface area contributed by atoms with Crippen molar-refractivity contribution >= 4 is 17.6 Å². The van der Waals surface area contributed by atoms with Crippen LogP contribution >= 0.6 is 0 Å². The molecule has 2 N–H and O–H groups in total. The minimum absolute atomic E-state index is 0.0569. The molecule has 2 saturated heterocycles. The van der Waals surface area contributed by atoms with Crippen molar-refractivity contribution in [1.29, 1.82) is 0 Å². The summed E-state index contributed by atoms with van der Waals surface area (Å²) in [5, 5.41) is 12.9. The van der Waals surface area contributed by atoms with E-state index in [0.29, 0.717) is 23.5 Å². The molecule has 37 heavy (non-hydrogen) atoms. The molecule has 3 aromatic rings. The number of aliphatic hydroxyl groups is 1. The van der Waals surface area contributed by atoms with Gasteiger partial charge >= 0.3 is 6.03 Å². The second-order valence-electron chi connectivity index (χ2n) is 9.03. The van der Waals surface area contributed by atoms with Crippen LogP contribution in [0.2, 0.25) is 0 Å². The minimum Gasteiger partial charge on any atom is -0.495 e. The normalized spacial score (nSPS) is 20.3. The molecule has 2 heterocycles. The average Bonchev–Trinajstić information content (AvgIpc) is 2.90. The predicted octanol–water partition coefficient (Wildman–Crippen LogP) is 3.44. The van der Waals surface area contributed by atoms with Gasteiger partial charge in [-0.05, 0) is 54.1 Å². The SMILES string of the molecule is COc1ccccc1NC(=O)N1CC(=O)N2[C@H](CO)[C@@H](c3ccc(C#Cc4ccc(F)cc4)cc3)[C@@H]2C1. The summed E-state index contributed by atoms with van der Waals surface area (Å²) in [5.41, 5.74) is 3.00. The van der Waals surface area contributed by atoms with Crippen molar-refractivity contribution in [2.24, 2.45) is 0 Å². The molecule has 0 radical (unpaired) electrons. The molecule has 2 aliphatic heterocycles. The highest BCUT2D eigenvalue weighted by Gasteiger charge is 2.54. The Bertz CT molecular complexity index is 1360. The van der Waals surface area contributed by atoms with Crippen LogP contribution in [-0.4, -0.2) is 65.7 Å². The Labute approximate surface area is 214 Å². The zero-order valence-corrected chi connectivity index (χ0v) is 20.2. The first-order valence-corrected chi connectivity index (χ1v) is 12.0. The van der Waals surface area contributed by atoms with Gasteiger partial charge in [-0.2, -0.15) is 0 Å². The fourth-order valence-electron chi connectivity index (χ4n) is 5.06. The molecule has 3 amide bonds. The highest BCUT2D eigenvalue weighted by molar-refractivity contribution is 5.94. The minimum atomic E-state index is -0.380. The van der Waals surface area contributed by atoms with Crippen molar-refractivity contribution in [3.8, 4) is 17.6 Å². The molecule has 0 saturated carbocycles. The van der Waals surface area contributed by atoms with E-state index in [2.05, 4.69) is 17.2 Å². The number of methoxy groups -OCH3 is 1. The number of benzene rings is 3. The summed E-state index contributed by atoms with van der Waals surface area (Å²) in [4.78, 5) is 29.1. The molecule has 0 aromatic heterocycles. The van der Waals surface area contributed by atoms with Gasteiger partial charge in [-0.3, -0.25) is 4.79 Å². The van der Waals surface area contributed by atoms with Gasteiger partial charge in [0.15, 0.2) is 0 Å². The fraction of sp³-hybridized carbons (Fsp3) is 0.241. The number of piperazine rings is 1. The zero-order chi connectivity index (χ0) is 25.9. The van der Waals surface area contributed by atoms with Crippen LogP contribution in [0.4, 0.5) is 14.9 Å². The number of amides is 3. The number of carbonyl (C=O) groups is 2. The Morgan fingerprint density at radius 2 is 1.70 bits per heavy atom. The number of anilines is 1. The Balaban J connectivity index is 1.31. The molecular formula is C29H26FN3O4. The van der Waals surface area contributed by atoms with Gasteiger partial charge in [0.2, 0.25) is 5.91 Å². The number of ether oxygens (including phenoxy) is 1. The predicted molar refractivity (Wildman–Crippen MR) is 137 cm³/mol. The molecule has 2 fully saturated rings. The summed E-state index contributed by atoms with van der Waals surface area (Å²) in [6, 6.07) is 19.8. The number of nitrogens with zero attached hydrogens (tertiary/aromatic N) is 2. The van der Waals surface area contributed by atoms with Crippen LogP contribution in [0.5, 0.6) is 5.75 Å². The molecule has 0 aliphatic carbocycles. The van der Waals surface area contributed by atoms with Crippen LogP contribution in [0.25, 0.3) is 0 Å². The number of nitrogens with one attached hydrogen (secondary N) is 1. The summed E-state index contributed by atoms with van der Waals surface area (Å²) >= 11 is 0. The Hall–Kier alpha value is -4.35. The summed E-state index contributed by atoms with van der Waals surface area (Å²) in [6.45, 7) is 0.130. The van der Waals surface area contributed by atoms with Crippen molar-refractivity contribution in [2.45, 2.75) is 18.0 Å². The third-order valence-electron chi connectivity index (χ3n) is 6.88. The lowest BCUT2D eigenvalue weighted by Crippen LogP contribution is -2.73. The first-order chi connectivity index (χ1) is 18.0. The van der Waals surface area contributed by atoms with Crippen LogP contribution in [0.15, 0.2) is 72.8 Å². The average molecular weight is 500 g/mol. The van der Waals surface area contributed by atoms with E-state index in [9.17, 15) is 19.1 Å². The molecule has 8 heteroatoms. The van der Waals surface area contributed by atoms with Crippen LogP contribution in [0.3, 0.4) is 0 Å². The van der Waals surface area contributed by atoms with Gasteiger partial charge < -0.3 is 25.0 Å². The maximum absolute atomic E-state index is 13.1. The van der Waals surface area contributed by atoms with E-state index >= 15 is 0 Å². The van der Waals surface area contributed by atoms with E-state index in [1.165, 1.54) is 24.1 Å². The second kappa shape index (κ2) is 10.3. The van der Waals surface area contributed by atoms with E-state index in [1.807, 2.05) is 30.3 Å². The molecule has 0 bridgehead atoms. The lowest BCUT2D eigenvalue weighted by atomic mass is 9.73. The van der Waals surface area contributed by atoms with Crippen LogP contribution in [0.1, 0.15) is 22.6 Å². The third kappa shape index (κ3) is 4.86. The van der Waals surface area contributed by atoms with Crippen LogP contribution in [-0.2, 0) is 4.79 Å². The molecule has 0 spiro atoms. The number of rotatable bonds is 4. The van der Waals surface area contributed by atoms with Gasteiger partial charge in [-0.1, -0.05) is 36.1 Å². The van der Waals surface area contributed by atoms with Gasteiger partial charge in [0.1, 0.15) is 18.1 Å². The van der Waals surface area contributed by atoms with Gasteiger partial charge in [0.25, 0.3) is 0 Å². The molecular weight excluding hydrogens is 473 g/mol. The summed E-state index contributed by atoms with van der Waals surface area (Å²) in [7, 11) is 1.53. The summed E-state index contributed by atoms with van der Waals surface area (Å²) in [6.07, 6.45) is 0. The van der Waals surface area contributed by atoms with Crippen molar-refractivity contribution in [3.05, 3.63) is 95.3 Å². The molecule has 0 unspecified atom stereocenters. The molecule has 7 nitrogen and oxygen atoms in total. The smallest absolute Gasteiger partial charge is 0.322 e. The highest BCUT2D eigenvalue weighted by Crippen LogP contribution is 2.43. The molecule has 5 rings (SSSR count). The standard InChI is InChI=1S/C29H26FN3O4/c1-37-26-5-3-2-4-23(26)31-29(36)32-16-24-28(25(18-34)33(24)27(35)17-32)21-12-8-19(9-13-21)6-7-20-10-14-22(30)15-11-20/h2-5,8-15,24-25,28,34H,16-18H2,1H3,(H,31,36)/t24-,25+,28-/m0/s1. The first-order valence-electron chi connectivity index (χ1n) is 12.0. The highest BCUT2D eigenvalue weighted by atomic mass is 19.1. The number of halogens is 1. The largest absolute Gasteiger partial charge is 0.495 e. The molecule has 2 aliphatic rings. The molecule has 3 atom stereocenters. The van der Waals surface area contributed by atoms with Crippen molar-refractivity contribution in [1.82, 2.24) is 9.80 Å². The lowest BCUT2D eigenvalue weighted by Gasteiger charge is -2.58. The maximum atomic E-state index is 13.1. The topological polar surface area (TPSA) is 82.1 Å². The first kappa shape index (κ1) is 24.3. The van der Waals surface area contributed by atoms with Crippen molar-refractivity contribution < 1.29 is 23.8 Å². The lowest BCUT2D eigenvalue weighted by molar-refractivity contribution is -0.159. The quantitative estimate of drug-likeness (QED) is 0.539. The Morgan fingerprint density at radius 1 is 1.05 bits per heavy atom. The number of para-hydroxylation sites is 2. The van der Waals surface area contributed by atoms with E-state index in [1.54, 1.807) is 35.2 Å². The number of carbonyl (C=O) groups excluding carboxylic acids is 2. The number of aliphatic hydroxyl groups excluding tert-OH is 1. The van der Waals surface area contributed by atoms with Gasteiger partial charge in [-0.25, -0.2) is 9.18 Å². The second-order valence-corrected chi connectivity index (χ2v) is 9.03. The van der Waals surface area contributed by atoms with Crippen molar-refractivity contribution in [2.75, 3.05) is 32.1 Å². The summed E-state index contributed by atoms with van der Waals surface area (Å²) in [5.74, 6) is 6.00.